The first-order valence-corrected chi connectivity index (χ1v) is 52.5. The molecular weight excluding hydrogens is 1790 g/mol. The molecule has 0 saturated carbocycles. The number of aryl methyl sites for hydroxylation is 2. The van der Waals surface area contributed by atoms with E-state index in [4.69, 9.17) is 15.6 Å². The van der Waals surface area contributed by atoms with Crippen molar-refractivity contribution in [3.05, 3.63) is 239 Å². The molecule has 13 aromatic rings. The molecule has 17 rings (SSSR count). The highest BCUT2D eigenvalue weighted by Gasteiger charge is 2.46. The van der Waals surface area contributed by atoms with Crippen LogP contribution in [0.1, 0.15) is 244 Å². The minimum atomic E-state index is -3.04. The number of rotatable bonds is 22. The summed E-state index contributed by atoms with van der Waals surface area (Å²) >= 11 is 0. The maximum Gasteiger partial charge on any atom is 0.334 e. The number of hydrogen-bond donors (Lipinski definition) is 0. The minimum absolute atomic E-state index is 0.0141. The van der Waals surface area contributed by atoms with E-state index in [-0.39, 0.29) is 158 Å². The number of ether oxygens (including phenoxy) is 1. The van der Waals surface area contributed by atoms with Crippen molar-refractivity contribution in [2.75, 3.05) is 46.0 Å². The molecule has 28 nitrogen and oxygen atoms in total. The molecule has 0 unspecified atom stereocenters. The summed E-state index contributed by atoms with van der Waals surface area (Å²) in [4.78, 5) is 114. The van der Waals surface area contributed by atoms with E-state index in [0.717, 1.165) is 34.0 Å². The average molecular weight is 1900 g/mol. The molecule has 33 heteroatoms. The average Bonchev–Trinajstić information content (AvgIpc) is 1.69. The lowest BCUT2D eigenvalue weighted by atomic mass is 9.78. The van der Waals surface area contributed by atoms with Gasteiger partial charge >= 0.3 is 22.8 Å². The number of aromatic nitrogens is 10. The van der Waals surface area contributed by atoms with Gasteiger partial charge in [-0.3, -0.25) is 55.7 Å². The number of oxazole rings is 1. The number of carbonyl (C=O) groups is 4. The molecule has 0 atom stereocenters. The van der Waals surface area contributed by atoms with Crippen molar-refractivity contribution < 1.29 is 66.4 Å². The van der Waals surface area contributed by atoms with E-state index in [0.29, 0.717) is 129 Å². The normalized spacial score (nSPS) is 17.2. The summed E-state index contributed by atoms with van der Waals surface area (Å²) in [6.45, 7) is 30.5. The highest BCUT2D eigenvalue weighted by atomic mass is 32.2. The van der Waals surface area contributed by atoms with Gasteiger partial charge in [0, 0.05) is 102 Å². The van der Waals surface area contributed by atoms with Gasteiger partial charge in [-0.15, -0.1) is 6.42 Å². The molecule has 0 spiro atoms. The summed E-state index contributed by atoms with van der Waals surface area (Å²) in [6, 6.07) is 42.3. The predicted octanol–water partition coefficient (Wildman–Crippen LogP) is 16.9. The molecule has 10 heterocycles. The molecule has 0 bridgehead atoms. The predicted molar refractivity (Wildman–Crippen MR) is 521 cm³/mol. The lowest BCUT2D eigenvalue weighted by Gasteiger charge is -2.37. The van der Waals surface area contributed by atoms with Gasteiger partial charge in [-0.05, 0) is 252 Å². The third-order valence-corrected chi connectivity index (χ3v) is 33.3. The van der Waals surface area contributed by atoms with E-state index in [1.54, 1.807) is 107 Å². The van der Waals surface area contributed by atoms with Crippen molar-refractivity contribution >= 4 is 118 Å². The van der Waals surface area contributed by atoms with Crippen LogP contribution in [0.5, 0.6) is 5.88 Å². The molecule has 0 amide bonds. The number of hydrogen-bond acceptors (Lipinski definition) is 20. The fraction of sp³-hybridized carbons (Fsp3) is 0.426. The van der Waals surface area contributed by atoms with Crippen LogP contribution in [-0.4, -0.2) is 155 Å². The molecule has 708 valence electrons. The number of nitrogens with zero attached hydrogens (tertiary/aromatic N) is 10. The highest BCUT2D eigenvalue weighted by Crippen LogP contribution is 2.42. The van der Waals surface area contributed by atoms with Crippen LogP contribution in [0.25, 0.3) is 78.0 Å². The van der Waals surface area contributed by atoms with Crippen molar-refractivity contribution in [1.29, 1.82) is 0 Å². The van der Waals surface area contributed by atoms with E-state index in [1.165, 1.54) is 15.2 Å². The number of carbonyl (C=O) groups excluding carboxylic acids is 4. The smallest absolute Gasteiger partial charge is 0.334 e. The van der Waals surface area contributed by atoms with Crippen LogP contribution in [0, 0.1) is 53.7 Å². The fourth-order valence-corrected chi connectivity index (χ4v) is 26.5. The summed E-state index contributed by atoms with van der Waals surface area (Å²) in [5.41, 5.74) is 9.84. The number of sulfone groups is 4. The Kier molecular flexibility index (Phi) is 27.3. The van der Waals surface area contributed by atoms with Gasteiger partial charge in [0.1, 0.15) is 35.0 Å². The maximum absolute atomic E-state index is 14.9. The number of Topliss-reactive ketones (excluding diaryl/α,β-unsaturated/α-hetero) is 4. The Morgan fingerprint density at radius 1 is 0.425 bits per heavy atom. The Morgan fingerprint density at radius 3 is 1.12 bits per heavy atom. The van der Waals surface area contributed by atoms with Crippen LogP contribution in [0.15, 0.2) is 175 Å². The first-order chi connectivity index (χ1) is 62.8. The summed E-state index contributed by atoms with van der Waals surface area (Å²) in [5, 5.41) is 0. The Balaban J connectivity index is 0.000000143. The Labute approximate surface area is 778 Å². The maximum atomic E-state index is 14.9. The van der Waals surface area contributed by atoms with Crippen molar-refractivity contribution in [3.63, 3.8) is 0 Å². The number of ketones is 4. The zero-order chi connectivity index (χ0) is 97.3. The molecular formula is C101H115FN10O18S4. The van der Waals surface area contributed by atoms with Crippen LogP contribution in [0.2, 0.25) is 0 Å². The first kappa shape index (κ1) is 98.0. The van der Waals surface area contributed by atoms with Crippen LogP contribution in [0.3, 0.4) is 0 Å². The number of pyridine rings is 1. The van der Waals surface area contributed by atoms with E-state index in [1.807, 2.05) is 171 Å². The molecule has 0 aliphatic carbocycles. The van der Waals surface area contributed by atoms with Crippen molar-refractivity contribution in [3.8, 4) is 41.0 Å². The summed E-state index contributed by atoms with van der Waals surface area (Å²) in [5.74, 6) is 3.17. The second kappa shape index (κ2) is 37.4. The van der Waals surface area contributed by atoms with Gasteiger partial charge in [0.05, 0.1) is 125 Å². The lowest BCUT2D eigenvalue weighted by Crippen LogP contribution is -2.47. The van der Waals surface area contributed by atoms with Crippen molar-refractivity contribution in [2.45, 2.75) is 205 Å². The molecule has 0 N–H and O–H groups in total. The van der Waals surface area contributed by atoms with Gasteiger partial charge in [-0.2, -0.15) is 0 Å². The lowest BCUT2D eigenvalue weighted by molar-refractivity contribution is 0.0903. The van der Waals surface area contributed by atoms with Crippen molar-refractivity contribution in [1.82, 2.24) is 46.5 Å². The van der Waals surface area contributed by atoms with Gasteiger partial charge in [0.25, 0.3) is 0 Å². The number of imidazole rings is 4. The third kappa shape index (κ3) is 20.8. The van der Waals surface area contributed by atoms with E-state index in [2.05, 4.69) is 15.9 Å². The minimum Gasteiger partial charge on any atom is -0.475 e. The van der Waals surface area contributed by atoms with E-state index in [9.17, 15) is 76.4 Å². The first-order valence-electron chi connectivity index (χ1n) is 45.2. The number of benzene rings is 7. The van der Waals surface area contributed by atoms with E-state index < -0.39 is 61.7 Å². The van der Waals surface area contributed by atoms with Crippen LogP contribution < -0.4 is 27.5 Å². The number of terminal acetylenes is 1. The quantitative estimate of drug-likeness (QED) is 0.0449. The number of halogens is 1. The zero-order valence-corrected chi connectivity index (χ0v) is 81.7. The third-order valence-electron chi connectivity index (χ3n) is 26.1. The fourth-order valence-electron chi connectivity index (χ4n) is 18.8. The molecule has 4 fully saturated rings. The Bertz CT molecular complexity index is 7660. The topological polar surface area (TPSA) is 361 Å². The van der Waals surface area contributed by atoms with Crippen LogP contribution in [0.4, 0.5) is 4.39 Å². The second-order valence-electron chi connectivity index (χ2n) is 39.3. The highest BCUT2D eigenvalue weighted by molar-refractivity contribution is 7.93. The molecule has 7 aromatic carbocycles. The monoisotopic (exact) mass is 1900 g/mol. The van der Waals surface area contributed by atoms with Crippen LogP contribution >= 0.6 is 0 Å². The van der Waals surface area contributed by atoms with E-state index >= 15 is 0 Å². The second-order valence-corrected chi connectivity index (χ2v) is 48.3. The Morgan fingerprint density at radius 2 is 0.769 bits per heavy atom. The molecule has 0 radical (unpaired) electrons. The molecule has 134 heavy (non-hydrogen) atoms. The van der Waals surface area contributed by atoms with Crippen LogP contribution in [-0.2, 0) is 39.3 Å². The molecule has 4 saturated heterocycles. The standard InChI is InChI=1S/C26H32FN3O5S.C26H28N2O4S.C25H30N2O4S.C24H25N3O5S/c1-16(2)29-22-12-18(23(31)14-26(5)8-10-36(33,34)11-9-26)6-7-20(22)30(25(29)32)21-13-24(35-17(3)4)28-15-19(21)27;1-5-19-7-6-8-21(15-19)28-22-10-9-20(16-23(22)27(18(2)3)25(28)30)24(29)17-26(4)11-13-33(31,32)14-12-26;1-17(2)26-22-15-19(23(28)16-25(4)10-12-32(30,31)13-11-25)8-9-21(22)27(24(26)29)20-7-5-6-18(3)14-20;1-14(2)26-20-9-16(21(28)11-24(4)12-33(30,31)13-24)5-8-19(20)27(23(26)29)17-6-7-18-22(10-17)32-15(3)25-18/h6-7,12-13,15-17H,8-11,14H2,1-5H3;1,6-10,15-16,18H,11-14,17H2,2-4H3;5-9,14-15,17H,10-13,16H2,1-4H3;5-10,14H,11-13H2,1-4H3. The Hall–Kier alpha value is -12.0. The van der Waals surface area contributed by atoms with Gasteiger partial charge in [-0.1, -0.05) is 51.8 Å². The van der Waals surface area contributed by atoms with Gasteiger partial charge in [-0.25, -0.2) is 67.2 Å². The zero-order valence-electron chi connectivity index (χ0n) is 78.5. The molecule has 6 aromatic heterocycles. The van der Waals surface area contributed by atoms with Gasteiger partial charge in [0.2, 0.25) is 5.88 Å². The molecule has 4 aliphatic rings. The SMILES string of the molecule is C#Cc1cccc(-n2c(=O)n(C(C)C)c3cc(C(=O)CC4(C)CCS(=O)(=O)CC4)ccc32)c1.CC(C)Oc1cc(-n2c(=O)n(C(C)C)c3cc(C(=O)CC4(C)CCS(=O)(=O)CC4)ccc32)c(F)cn1.Cc1cccc(-n2c(=O)n(C(C)C)c3cc(C(=O)CC4(C)CCS(=O)(=O)CC4)ccc32)c1.Cc1nc2ccc(-n3c(=O)n(C(C)C)c4cc(C(=O)CC5(C)CS(=O)(=O)C5)ccc43)cc2o1. The van der Waals surface area contributed by atoms with Gasteiger partial charge in [0.15, 0.2) is 50.3 Å². The van der Waals surface area contributed by atoms with Gasteiger partial charge < -0.3 is 9.15 Å². The number of fused-ring (bicyclic) bond motifs is 5. The summed E-state index contributed by atoms with van der Waals surface area (Å²) in [7, 11) is -12.0. The van der Waals surface area contributed by atoms with Crippen molar-refractivity contribution in [2.24, 2.45) is 21.7 Å². The molecule has 4 aliphatic heterocycles. The summed E-state index contributed by atoms with van der Waals surface area (Å²) < 4.78 is 133. The largest absolute Gasteiger partial charge is 0.475 e. The summed E-state index contributed by atoms with van der Waals surface area (Å²) in [6.07, 6.45) is 10.2.